The largest absolute Gasteiger partial charge is 0.480 e. The molecule has 1 aromatic carbocycles. The summed E-state index contributed by atoms with van der Waals surface area (Å²) in [5.41, 5.74) is 0.579. The molecule has 0 bridgehead atoms. The average Bonchev–Trinajstić information content (AvgIpc) is 2.94. The molecule has 2 heterocycles. The number of carbonyl (C=O) groups excluding carboxylic acids is 1. The molecule has 2 aromatic heterocycles. The molecule has 130 valence electrons. The van der Waals surface area contributed by atoms with Gasteiger partial charge >= 0.3 is 5.97 Å². The van der Waals surface area contributed by atoms with Crippen molar-refractivity contribution in [3.8, 4) is 0 Å². The summed E-state index contributed by atoms with van der Waals surface area (Å²) in [6.45, 7) is 2.70. The van der Waals surface area contributed by atoms with Gasteiger partial charge in [-0.2, -0.15) is 0 Å². The highest BCUT2D eigenvalue weighted by atomic mass is 16.4. The Bertz CT molecular complexity index is 1020. The van der Waals surface area contributed by atoms with Gasteiger partial charge in [0.2, 0.25) is 11.5 Å². The van der Waals surface area contributed by atoms with Crippen molar-refractivity contribution in [3.05, 3.63) is 40.9 Å². The van der Waals surface area contributed by atoms with Crippen LogP contribution in [0.4, 0.5) is 0 Å². The number of carboxylic acids is 1. The number of para-hydroxylation sites is 1. The Labute approximate surface area is 142 Å². The molecule has 8 nitrogen and oxygen atoms in total. The Hall–Kier alpha value is -3.16. The smallest absolute Gasteiger partial charge is 0.323 e. The number of fused-ring (bicyclic) bond motifs is 3. The van der Waals surface area contributed by atoms with Gasteiger partial charge in [0, 0.05) is 11.4 Å². The Morgan fingerprint density at radius 3 is 2.72 bits per heavy atom. The highest BCUT2D eigenvalue weighted by Crippen LogP contribution is 2.24. The number of carboxylic acid groups (broad SMARTS) is 1. The lowest BCUT2D eigenvalue weighted by atomic mass is 10.2. The van der Waals surface area contributed by atoms with Gasteiger partial charge in [0.15, 0.2) is 0 Å². The van der Waals surface area contributed by atoms with Crippen LogP contribution in [0, 0.1) is 0 Å². The van der Waals surface area contributed by atoms with Crippen molar-refractivity contribution >= 4 is 33.9 Å². The van der Waals surface area contributed by atoms with Crippen molar-refractivity contribution in [1.29, 1.82) is 0 Å². The zero-order valence-electron chi connectivity index (χ0n) is 13.8. The second-order valence-corrected chi connectivity index (χ2v) is 5.96. The fraction of sp³-hybridized carbons (Fsp3) is 0.294. The second-order valence-electron chi connectivity index (χ2n) is 5.96. The van der Waals surface area contributed by atoms with Crippen molar-refractivity contribution in [2.45, 2.75) is 26.4 Å². The van der Waals surface area contributed by atoms with E-state index in [4.69, 9.17) is 9.52 Å². The molecule has 1 amide bonds. The molecule has 3 aromatic rings. The monoisotopic (exact) mass is 343 g/mol. The molecule has 0 atom stereocenters. The van der Waals surface area contributed by atoms with Crippen molar-refractivity contribution in [2.75, 3.05) is 6.54 Å². The van der Waals surface area contributed by atoms with E-state index < -0.39 is 24.0 Å². The first-order valence-corrected chi connectivity index (χ1v) is 7.76. The van der Waals surface area contributed by atoms with E-state index in [2.05, 4.69) is 4.98 Å². The van der Waals surface area contributed by atoms with Crippen LogP contribution in [0.25, 0.3) is 22.1 Å². The van der Waals surface area contributed by atoms with Gasteiger partial charge in [-0.25, -0.2) is 4.98 Å². The van der Waals surface area contributed by atoms with E-state index >= 15 is 0 Å². The molecular weight excluding hydrogens is 326 g/mol. The maximum atomic E-state index is 12.6. The fourth-order valence-electron chi connectivity index (χ4n) is 2.67. The summed E-state index contributed by atoms with van der Waals surface area (Å²) in [6, 6.07) is 6.84. The molecule has 25 heavy (non-hydrogen) atoms. The maximum Gasteiger partial charge on any atom is 0.323 e. The van der Waals surface area contributed by atoms with Crippen molar-refractivity contribution in [2.24, 2.45) is 0 Å². The lowest BCUT2D eigenvalue weighted by molar-refractivity contribution is -0.146. The first kappa shape index (κ1) is 16.7. The predicted octanol–water partition coefficient (Wildman–Crippen LogP) is 1.46. The van der Waals surface area contributed by atoms with Gasteiger partial charge < -0.3 is 14.4 Å². The summed E-state index contributed by atoms with van der Waals surface area (Å²) >= 11 is 0. The third kappa shape index (κ3) is 3.10. The minimum Gasteiger partial charge on any atom is -0.480 e. The number of hydrogen-bond acceptors (Lipinski definition) is 5. The van der Waals surface area contributed by atoms with Crippen LogP contribution in [-0.4, -0.2) is 44.0 Å². The molecule has 0 saturated carbocycles. The van der Waals surface area contributed by atoms with Crippen LogP contribution in [0.5, 0.6) is 0 Å². The van der Waals surface area contributed by atoms with Gasteiger partial charge in [-0.1, -0.05) is 12.1 Å². The zero-order chi connectivity index (χ0) is 18.1. The van der Waals surface area contributed by atoms with Crippen LogP contribution in [-0.2, 0) is 16.1 Å². The first-order chi connectivity index (χ1) is 11.9. The summed E-state index contributed by atoms with van der Waals surface area (Å²) in [4.78, 5) is 41.3. The van der Waals surface area contributed by atoms with Gasteiger partial charge in [0.1, 0.15) is 24.2 Å². The van der Waals surface area contributed by atoms with Crippen LogP contribution in [0.2, 0.25) is 0 Å². The van der Waals surface area contributed by atoms with Crippen molar-refractivity contribution < 1.29 is 19.1 Å². The number of aliphatic carboxylic acids is 1. The lowest BCUT2D eigenvalue weighted by Gasteiger charge is -2.25. The molecule has 0 aliphatic heterocycles. The Balaban J connectivity index is 1.97. The third-order valence-corrected chi connectivity index (χ3v) is 3.91. The van der Waals surface area contributed by atoms with Gasteiger partial charge in [0.25, 0.3) is 5.56 Å². The summed E-state index contributed by atoms with van der Waals surface area (Å²) in [7, 11) is 0. The zero-order valence-corrected chi connectivity index (χ0v) is 13.8. The van der Waals surface area contributed by atoms with Crippen LogP contribution in [0.3, 0.4) is 0 Å². The average molecular weight is 343 g/mol. The topological polar surface area (TPSA) is 106 Å². The molecule has 0 aliphatic rings. The van der Waals surface area contributed by atoms with E-state index in [1.54, 1.807) is 32.0 Å². The van der Waals surface area contributed by atoms with Gasteiger partial charge in [0.05, 0.1) is 6.33 Å². The molecule has 0 fully saturated rings. The number of amides is 1. The molecule has 8 heteroatoms. The maximum absolute atomic E-state index is 12.6. The fourth-order valence-corrected chi connectivity index (χ4v) is 2.67. The number of aromatic nitrogens is 2. The van der Waals surface area contributed by atoms with Crippen LogP contribution < -0.4 is 5.56 Å². The molecule has 0 radical (unpaired) electrons. The summed E-state index contributed by atoms with van der Waals surface area (Å²) in [6.07, 6.45) is 1.28. The van der Waals surface area contributed by atoms with E-state index in [-0.39, 0.29) is 18.2 Å². The number of hydrogen-bond donors (Lipinski definition) is 1. The van der Waals surface area contributed by atoms with Gasteiger partial charge in [-0.15, -0.1) is 0 Å². The number of nitrogens with zero attached hydrogens (tertiary/aromatic N) is 3. The summed E-state index contributed by atoms with van der Waals surface area (Å²) in [5, 5.41) is 9.66. The molecule has 0 unspecified atom stereocenters. The van der Waals surface area contributed by atoms with Crippen LogP contribution in [0.15, 0.2) is 39.8 Å². The Morgan fingerprint density at radius 1 is 1.32 bits per heavy atom. The highest BCUT2D eigenvalue weighted by Gasteiger charge is 2.21. The first-order valence-electron chi connectivity index (χ1n) is 7.76. The highest BCUT2D eigenvalue weighted by molar-refractivity contribution is 6.01. The van der Waals surface area contributed by atoms with Crippen molar-refractivity contribution in [1.82, 2.24) is 14.5 Å². The molecule has 1 N–H and O–H groups in total. The summed E-state index contributed by atoms with van der Waals surface area (Å²) < 4.78 is 6.69. The molecule has 0 saturated heterocycles. The van der Waals surface area contributed by atoms with E-state index in [0.717, 1.165) is 9.95 Å². The normalized spacial score (nSPS) is 11.3. The van der Waals surface area contributed by atoms with Crippen molar-refractivity contribution in [3.63, 3.8) is 0 Å². The molecule has 0 spiro atoms. The van der Waals surface area contributed by atoms with Gasteiger partial charge in [-0.3, -0.25) is 19.0 Å². The number of rotatable bonds is 5. The number of carbonyl (C=O) groups is 2. The predicted molar refractivity (Wildman–Crippen MR) is 90.3 cm³/mol. The lowest BCUT2D eigenvalue weighted by Crippen LogP contribution is -2.43. The Morgan fingerprint density at radius 2 is 2.04 bits per heavy atom. The van der Waals surface area contributed by atoms with Crippen LogP contribution in [0.1, 0.15) is 13.8 Å². The third-order valence-electron chi connectivity index (χ3n) is 3.91. The van der Waals surface area contributed by atoms with E-state index in [1.165, 1.54) is 11.2 Å². The summed E-state index contributed by atoms with van der Waals surface area (Å²) in [5.74, 6) is -1.59. The quantitative estimate of drug-likeness (QED) is 0.752. The minimum atomic E-state index is -1.11. The number of furan rings is 1. The van der Waals surface area contributed by atoms with Crippen LogP contribution >= 0.6 is 0 Å². The molecule has 3 rings (SSSR count). The molecule has 0 aliphatic carbocycles. The van der Waals surface area contributed by atoms with Gasteiger partial charge in [-0.05, 0) is 26.0 Å². The second kappa shape index (κ2) is 6.39. The van der Waals surface area contributed by atoms with E-state index in [9.17, 15) is 14.4 Å². The standard InChI is InChI=1S/C17H17N3O5/c1-10(2)20(8-14(22)23)13(21)7-19-9-18-15-11-5-3-4-6-12(11)25-16(15)17(19)24/h3-6,9-10H,7-8H2,1-2H3,(H,22,23). The van der Waals surface area contributed by atoms with E-state index in [0.29, 0.717) is 11.1 Å². The molecular formula is C17H17N3O5. The minimum absolute atomic E-state index is 0.0748. The van der Waals surface area contributed by atoms with E-state index in [1.807, 2.05) is 6.07 Å². The SMILES string of the molecule is CC(C)N(CC(=O)O)C(=O)Cn1cnc2c(oc3ccccc32)c1=O. The number of benzene rings is 1. The Kier molecular flexibility index (Phi) is 4.26.